The summed E-state index contributed by atoms with van der Waals surface area (Å²) in [5.41, 5.74) is 3.05. The van der Waals surface area contributed by atoms with Crippen LogP contribution in [0.15, 0.2) is 48.5 Å². The second kappa shape index (κ2) is 6.71. The SMILES string of the molecule is COc1ccc(CNC(=O)NC2c3ccccc3CC2O)cc1. The van der Waals surface area contributed by atoms with Gasteiger partial charge in [-0.3, -0.25) is 0 Å². The van der Waals surface area contributed by atoms with Gasteiger partial charge in [0.25, 0.3) is 0 Å². The molecular weight excluding hydrogens is 292 g/mol. The van der Waals surface area contributed by atoms with Crippen molar-refractivity contribution < 1.29 is 14.6 Å². The van der Waals surface area contributed by atoms with Gasteiger partial charge in [0, 0.05) is 13.0 Å². The molecule has 2 amide bonds. The first-order valence-corrected chi connectivity index (χ1v) is 7.60. The zero-order valence-corrected chi connectivity index (χ0v) is 13.0. The maximum atomic E-state index is 12.1. The number of nitrogens with one attached hydrogen (secondary N) is 2. The fourth-order valence-corrected chi connectivity index (χ4v) is 2.87. The minimum absolute atomic E-state index is 0.290. The van der Waals surface area contributed by atoms with Gasteiger partial charge in [0.05, 0.1) is 19.3 Å². The van der Waals surface area contributed by atoms with Crippen molar-refractivity contribution in [2.45, 2.75) is 25.1 Å². The zero-order valence-electron chi connectivity index (χ0n) is 13.0. The summed E-state index contributed by atoms with van der Waals surface area (Å²) in [5.74, 6) is 0.781. The Morgan fingerprint density at radius 2 is 1.96 bits per heavy atom. The third kappa shape index (κ3) is 3.46. The van der Waals surface area contributed by atoms with E-state index in [0.717, 1.165) is 22.4 Å². The second-order valence-electron chi connectivity index (χ2n) is 5.62. The van der Waals surface area contributed by atoms with Crippen LogP contribution in [0, 0.1) is 0 Å². The lowest BCUT2D eigenvalue weighted by Gasteiger charge is -2.18. The van der Waals surface area contributed by atoms with Gasteiger partial charge in [0.2, 0.25) is 0 Å². The van der Waals surface area contributed by atoms with E-state index in [2.05, 4.69) is 10.6 Å². The Balaban J connectivity index is 1.57. The average molecular weight is 312 g/mol. The van der Waals surface area contributed by atoms with Gasteiger partial charge in [0.1, 0.15) is 5.75 Å². The number of aliphatic hydroxyl groups is 1. The number of carbonyl (C=O) groups is 1. The molecule has 3 rings (SSSR count). The molecular formula is C18H20N2O3. The van der Waals surface area contributed by atoms with Crippen molar-refractivity contribution in [2.24, 2.45) is 0 Å². The largest absolute Gasteiger partial charge is 0.497 e. The van der Waals surface area contributed by atoms with E-state index in [0.29, 0.717) is 13.0 Å². The molecule has 2 aromatic carbocycles. The summed E-state index contributed by atoms with van der Waals surface area (Å²) in [6.07, 6.45) is -0.0151. The molecule has 0 saturated heterocycles. The molecule has 0 heterocycles. The molecule has 5 nitrogen and oxygen atoms in total. The minimum atomic E-state index is -0.584. The molecule has 1 aliphatic carbocycles. The van der Waals surface area contributed by atoms with Gasteiger partial charge in [-0.1, -0.05) is 36.4 Å². The maximum absolute atomic E-state index is 12.1. The van der Waals surface area contributed by atoms with E-state index in [4.69, 9.17) is 4.74 Å². The third-order valence-corrected chi connectivity index (χ3v) is 4.10. The fraction of sp³-hybridized carbons (Fsp3) is 0.278. The molecule has 2 unspecified atom stereocenters. The Hall–Kier alpha value is -2.53. The van der Waals surface area contributed by atoms with Crippen molar-refractivity contribution in [1.29, 1.82) is 0 Å². The highest BCUT2D eigenvalue weighted by atomic mass is 16.5. The highest BCUT2D eigenvalue weighted by Gasteiger charge is 2.31. The van der Waals surface area contributed by atoms with E-state index >= 15 is 0 Å². The van der Waals surface area contributed by atoms with Crippen LogP contribution in [0.5, 0.6) is 5.75 Å². The van der Waals surface area contributed by atoms with Crippen molar-refractivity contribution in [1.82, 2.24) is 10.6 Å². The molecule has 0 saturated carbocycles. The Morgan fingerprint density at radius 1 is 1.22 bits per heavy atom. The molecule has 0 fully saturated rings. The number of methoxy groups -OCH3 is 1. The normalized spacial score (nSPS) is 19.0. The number of fused-ring (bicyclic) bond motifs is 1. The van der Waals surface area contributed by atoms with Crippen LogP contribution in [0.3, 0.4) is 0 Å². The number of amides is 2. The van der Waals surface area contributed by atoms with Crippen molar-refractivity contribution in [3.05, 3.63) is 65.2 Å². The van der Waals surface area contributed by atoms with Gasteiger partial charge in [-0.2, -0.15) is 0 Å². The smallest absolute Gasteiger partial charge is 0.315 e. The van der Waals surface area contributed by atoms with Crippen LogP contribution in [-0.2, 0) is 13.0 Å². The summed E-state index contributed by atoms with van der Waals surface area (Å²) >= 11 is 0. The molecule has 1 aliphatic rings. The standard InChI is InChI=1S/C18H20N2O3/c1-23-14-8-6-12(7-9-14)11-19-18(22)20-17-15-5-3-2-4-13(15)10-16(17)21/h2-9,16-17,21H,10-11H2,1H3,(H2,19,20,22). The van der Waals surface area contributed by atoms with Crippen molar-refractivity contribution in [3.63, 3.8) is 0 Å². The van der Waals surface area contributed by atoms with E-state index < -0.39 is 6.10 Å². The lowest BCUT2D eigenvalue weighted by Crippen LogP contribution is -2.40. The first-order valence-electron chi connectivity index (χ1n) is 7.60. The van der Waals surface area contributed by atoms with Crippen LogP contribution in [0.2, 0.25) is 0 Å². The maximum Gasteiger partial charge on any atom is 0.315 e. The number of carbonyl (C=O) groups excluding carboxylic acids is 1. The van der Waals surface area contributed by atoms with Gasteiger partial charge in [-0.25, -0.2) is 4.79 Å². The molecule has 0 spiro atoms. The number of rotatable bonds is 4. The molecule has 5 heteroatoms. The van der Waals surface area contributed by atoms with Crippen LogP contribution in [0.1, 0.15) is 22.7 Å². The Labute approximate surface area is 135 Å². The van der Waals surface area contributed by atoms with E-state index in [1.165, 1.54) is 0 Å². The van der Waals surface area contributed by atoms with Gasteiger partial charge >= 0.3 is 6.03 Å². The molecule has 2 atom stereocenters. The monoisotopic (exact) mass is 312 g/mol. The number of benzene rings is 2. The van der Waals surface area contributed by atoms with Crippen LogP contribution in [0.4, 0.5) is 4.79 Å². The summed E-state index contributed by atoms with van der Waals surface area (Å²) in [6, 6.07) is 14.6. The molecule has 0 aliphatic heterocycles. The predicted octanol–water partition coefficient (Wildman–Crippen LogP) is 2.15. The topological polar surface area (TPSA) is 70.6 Å². The van der Waals surface area contributed by atoms with Gasteiger partial charge in [-0.05, 0) is 28.8 Å². The number of ether oxygens (including phenoxy) is 1. The zero-order chi connectivity index (χ0) is 16.2. The number of aliphatic hydroxyl groups excluding tert-OH is 1. The van der Waals surface area contributed by atoms with Gasteiger partial charge in [0.15, 0.2) is 0 Å². The van der Waals surface area contributed by atoms with Crippen LogP contribution in [-0.4, -0.2) is 24.4 Å². The number of urea groups is 1. The highest BCUT2D eigenvalue weighted by molar-refractivity contribution is 5.74. The molecule has 0 bridgehead atoms. The highest BCUT2D eigenvalue weighted by Crippen LogP contribution is 2.31. The number of hydrogen-bond donors (Lipinski definition) is 3. The Bertz CT molecular complexity index is 685. The van der Waals surface area contributed by atoms with E-state index in [-0.39, 0.29) is 12.1 Å². The first-order chi connectivity index (χ1) is 11.2. The predicted molar refractivity (Wildman–Crippen MR) is 87.3 cm³/mol. The number of hydrogen-bond acceptors (Lipinski definition) is 3. The van der Waals surface area contributed by atoms with Crippen molar-refractivity contribution in [3.8, 4) is 5.75 Å². The van der Waals surface area contributed by atoms with Crippen molar-refractivity contribution >= 4 is 6.03 Å². The molecule has 0 radical (unpaired) electrons. The quantitative estimate of drug-likeness (QED) is 0.810. The lowest BCUT2D eigenvalue weighted by molar-refractivity contribution is 0.142. The molecule has 2 aromatic rings. The van der Waals surface area contributed by atoms with E-state index in [9.17, 15) is 9.90 Å². The average Bonchev–Trinajstić information content (AvgIpc) is 2.89. The Kier molecular flexibility index (Phi) is 4.48. The summed E-state index contributed by atoms with van der Waals surface area (Å²) in [4.78, 5) is 12.1. The lowest BCUT2D eigenvalue weighted by atomic mass is 10.1. The van der Waals surface area contributed by atoms with Crippen LogP contribution in [0.25, 0.3) is 0 Å². The summed E-state index contributed by atoms with van der Waals surface area (Å²) < 4.78 is 5.10. The fourth-order valence-electron chi connectivity index (χ4n) is 2.87. The second-order valence-corrected chi connectivity index (χ2v) is 5.62. The summed E-state index contributed by atoms with van der Waals surface area (Å²) in [5, 5.41) is 15.8. The van der Waals surface area contributed by atoms with Crippen LogP contribution >= 0.6 is 0 Å². The first kappa shape index (κ1) is 15.4. The Morgan fingerprint density at radius 3 is 2.70 bits per heavy atom. The van der Waals surface area contributed by atoms with Gasteiger partial charge < -0.3 is 20.5 Å². The molecule has 23 heavy (non-hydrogen) atoms. The molecule has 120 valence electrons. The van der Waals surface area contributed by atoms with Gasteiger partial charge in [-0.15, -0.1) is 0 Å². The third-order valence-electron chi connectivity index (χ3n) is 4.10. The van der Waals surface area contributed by atoms with E-state index in [1.54, 1.807) is 7.11 Å². The minimum Gasteiger partial charge on any atom is -0.497 e. The van der Waals surface area contributed by atoms with Crippen LogP contribution < -0.4 is 15.4 Å². The molecule has 0 aromatic heterocycles. The van der Waals surface area contributed by atoms with Crippen molar-refractivity contribution in [2.75, 3.05) is 7.11 Å². The molecule has 3 N–H and O–H groups in total. The summed E-state index contributed by atoms with van der Waals surface area (Å²) in [7, 11) is 1.62. The van der Waals surface area contributed by atoms with E-state index in [1.807, 2.05) is 48.5 Å². The summed E-state index contributed by atoms with van der Waals surface area (Å²) in [6.45, 7) is 0.417.